The molecule has 20 heavy (non-hydrogen) atoms. The number of carbonyl (C=O) groups excluding carboxylic acids is 1. The van der Waals surface area contributed by atoms with Crippen LogP contribution in [0.1, 0.15) is 32.3 Å². The van der Waals surface area contributed by atoms with Gasteiger partial charge in [0.1, 0.15) is 6.04 Å². The molecule has 0 heterocycles. The third-order valence-corrected chi connectivity index (χ3v) is 3.64. The molecular formula is C16H23NO3. The minimum atomic E-state index is -0.964. The van der Waals surface area contributed by atoms with Crippen LogP contribution in [0, 0.1) is 5.92 Å². The van der Waals surface area contributed by atoms with E-state index < -0.39 is 12.0 Å². The molecule has 0 bridgehead atoms. The second-order valence-electron chi connectivity index (χ2n) is 5.27. The summed E-state index contributed by atoms with van der Waals surface area (Å²) in [5.41, 5.74) is 0.920. The Bertz CT molecular complexity index is 444. The van der Waals surface area contributed by atoms with Crippen LogP contribution in [0.2, 0.25) is 0 Å². The standard InChI is InChI=1S/C16H23NO3/c1-4-12(2)10-15(18)17(3)14(16(19)20)11-13-8-6-5-7-9-13/h5-9,12,14H,4,10-11H2,1-3H3,(H,19,20). The molecule has 1 aromatic rings. The Balaban J connectivity index is 2.75. The molecule has 0 saturated carbocycles. The molecule has 0 aliphatic rings. The molecule has 2 unspecified atom stereocenters. The highest BCUT2D eigenvalue weighted by Gasteiger charge is 2.27. The van der Waals surface area contributed by atoms with Gasteiger partial charge in [-0.1, -0.05) is 50.6 Å². The molecule has 1 N–H and O–H groups in total. The second kappa shape index (κ2) is 7.68. The number of carboxylic acid groups (broad SMARTS) is 1. The number of rotatable bonds is 7. The maximum Gasteiger partial charge on any atom is 0.326 e. The highest BCUT2D eigenvalue weighted by Crippen LogP contribution is 2.13. The van der Waals surface area contributed by atoms with Gasteiger partial charge in [-0.25, -0.2) is 4.79 Å². The van der Waals surface area contributed by atoms with Gasteiger partial charge in [0.25, 0.3) is 0 Å². The van der Waals surface area contributed by atoms with Crippen LogP contribution in [0.5, 0.6) is 0 Å². The maximum absolute atomic E-state index is 12.1. The SMILES string of the molecule is CCC(C)CC(=O)N(C)C(Cc1ccccc1)C(=O)O. The lowest BCUT2D eigenvalue weighted by atomic mass is 10.0. The van der Waals surface area contributed by atoms with E-state index in [-0.39, 0.29) is 11.8 Å². The molecule has 0 aliphatic carbocycles. The first-order valence-corrected chi connectivity index (χ1v) is 6.98. The number of nitrogens with zero attached hydrogens (tertiary/aromatic N) is 1. The minimum Gasteiger partial charge on any atom is -0.480 e. The summed E-state index contributed by atoms with van der Waals surface area (Å²) >= 11 is 0. The van der Waals surface area contributed by atoms with E-state index in [0.29, 0.717) is 12.8 Å². The topological polar surface area (TPSA) is 57.6 Å². The van der Waals surface area contributed by atoms with E-state index in [1.54, 1.807) is 7.05 Å². The summed E-state index contributed by atoms with van der Waals surface area (Å²) in [6, 6.07) is 8.57. The highest BCUT2D eigenvalue weighted by atomic mass is 16.4. The van der Waals surface area contributed by atoms with E-state index in [4.69, 9.17) is 0 Å². The summed E-state index contributed by atoms with van der Waals surface area (Å²) in [6.45, 7) is 4.02. The molecule has 1 amide bonds. The molecule has 1 aromatic carbocycles. The summed E-state index contributed by atoms with van der Waals surface area (Å²) in [4.78, 5) is 24.9. The predicted octanol–water partition coefficient (Wildman–Crippen LogP) is 2.58. The van der Waals surface area contributed by atoms with Crippen LogP contribution in [-0.2, 0) is 16.0 Å². The van der Waals surface area contributed by atoms with Gasteiger partial charge in [0.05, 0.1) is 0 Å². The van der Waals surface area contributed by atoms with Gasteiger partial charge in [-0.3, -0.25) is 4.79 Å². The van der Waals surface area contributed by atoms with Crippen molar-refractivity contribution < 1.29 is 14.7 Å². The van der Waals surface area contributed by atoms with Gasteiger partial charge in [-0.15, -0.1) is 0 Å². The van der Waals surface area contributed by atoms with E-state index in [2.05, 4.69) is 0 Å². The first-order valence-electron chi connectivity index (χ1n) is 6.98. The Morgan fingerprint density at radius 1 is 1.25 bits per heavy atom. The summed E-state index contributed by atoms with van der Waals surface area (Å²) < 4.78 is 0. The van der Waals surface area contributed by atoms with E-state index >= 15 is 0 Å². The molecule has 0 aliphatic heterocycles. The van der Waals surface area contributed by atoms with Gasteiger partial charge in [0, 0.05) is 19.9 Å². The first kappa shape index (κ1) is 16.2. The van der Waals surface area contributed by atoms with Crippen molar-refractivity contribution in [3.05, 3.63) is 35.9 Å². The Morgan fingerprint density at radius 3 is 2.35 bits per heavy atom. The number of benzene rings is 1. The number of carbonyl (C=O) groups is 2. The van der Waals surface area contributed by atoms with E-state index in [9.17, 15) is 14.7 Å². The van der Waals surface area contributed by atoms with E-state index in [1.165, 1.54) is 4.90 Å². The Labute approximate surface area is 120 Å². The maximum atomic E-state index is 12.1. The van der Waals surface area contributed by atoms with Crippen LogP contribution in [0.25, 0.3) is 0 Å². The van der Waals surface area contributed by atoms with Crippen LogP contribution in [0.4, 0.5) is 0 Å². The van der Waals surface area contributed by atoms with Crippen LogP contribution < -0.4 is 0 Å². The predicted molar refractivity (Wildman–Crippen MR) is 78.4 cm³/mol. The fourth-order valence-corrected chi connectivity index (χ4v) is 1.99. The third kappa shape index (κ3) is 4.68. The van der Waals surface area contributed by atoms with Crippen molar-refractivity contribution in [2.45, 2.75) is 39.2 Å². The quantitative estimate of drug-likeness (QED) is 0.833. The second-order valence-corrected chi connectivity index (χ2v) is 5.27. The fourth-order valence-electron chi connectivity index (χ4n) is 1.99. The van der Waals surface area contributed by atoms with Gasteiger partial charge < -0.3 is 10.0 Å². The highest BCUT2D eigenvalue weighted by molar-refractivity contribution is 5.83. The zero-order chi connectivity index (χ0) is 15.1. The molecule has 0 aromatic heterocycles. The van der Waals surface area contributed by atoms with Crippen molar-refractivity contribution >= 4 is 11.9 Å². The molecule has 0 radical (unpaired) electrons. The molecule has 0 fully saturated rings. The molecule has 2 atom stereocenters. The van der Waals surface area contributed by atoms with Gasteiger partial charge in [-0.2, -0.15) is 0 Å². The van der Waals surface area contributed by atoms with Crippen molar-refractivity contribution in [3.8, 4) is 0 Å². The first-order chi connectivity index (χ1) is 9.45. The Kier molecular flexibility index (Phi) is 6.22. The summed E-state index contributed by atoms with van der Waals surface area (Å²) in [6.07, 6.45) is 1.64. The van der Waals surface area contributed by atoms with Gasteiger partial charge in [0.2, 0.25) is 5.91 Å². The van der Waals surface area contributed by atoms with Crippen molar-refractivity contribution in [1.82, 2.24) is 4.90 Å². The Morgan fingerprint density at radius 2 is 1.85 bits per heavy atom. The number of amides is 1. The van der Waals surface area contributed by atoms with Crippen molar-refractivity contribution in [2.24, 2.45) is 5.92 Å². The van der Waals surface area contributed by atoms with Crippen LogP contribution in [0.15, 0.2) is 30.3 Å². The fraction of sp³-hybridized carbons (Fsp3) is 0.500. The van der Waals surface area contributed by atoms with Crippen LogP contribution >= 0.6 is 0 Å². The van der Waals surface area contributed by atoms with Crippen molar-refractivity contribution in [2.75, 3.05) is 7.05 Å². The van der Waals surface area contributed by atoms with Crippen molar-refractivity contribution in [1.29, 1.82) is 0 Å². The molecule has 4 nitrogen and oxygen atoms in total. The number of aliphatic carboxylic acids is 1. The molecule has 0 saturated heterocycles. The Hall–Kier alpha value is -1.84. The largest absolute Gasteiger partial charge is 0.480 e. The van der Waals surface area contributed by atoms with Crippen LogP contribution in [0.3, 0.4) is 0 Å². The summed E-state index contributed by atoms with van der Waals surface area (Å²) in [5, 5.41) is 9.35. The monoisotopic (exact) mass is 277 g/mol. The molecular weight excluding hydrogens is 254 g/mol. The normalized spacial score (nSPS) is 13.6. The molecule has 1 rings (SSSR count). The van der Waals surface area contributed by atoms with Gasteiger partial charge >= 0.3 is 5.97 Å². The molecule has 110 valence electrons. The molecule has 4 heteroatoms. The lowest BCUT2D eigenvalue weighted by Gasteiger charge is -2.26. The number of hydrogen-bond donors (Lipinski definition) is 1. The summed E-state index contributed by atoms with van der Waals surface area (Å²) in [7, 11) is 1.58. The smallest absolute Gasteiger partial charge is 0.326 e. The number of hydrogen-bond acceptors (Lipinski definition) is 2. The summed E-state index contributed by atoms with van der Waals surface area (Å²) in [5.74, 6) is -0.798. The van der Waals surface area contributed by atoms with E-state index in [0.717, 1.165) is 12.0 Å². The zero-order valence-electron chi connectivity index (χ0n) is 12.4. The van der Waals surface area contributed by atoms with E-state index in [1.807, 2.05) is 44.2 Å². The average Bonchev–Trinajstić information content (AvgIpc) is 2.44. The van der Waals surface area contributed by atoms with Crippen molar-refractivity contribution in [3.63, 3.8) is 0 Å². The lowest BCUT2D eigenvalue weighted by Crippen LogP contribution is -2.44. The van der Waals surface area contributed by atoms with Crippen LogP contribution in [-0.4, -0.2) is 35.0 Å². The molecule has 0 spiro atoms. The average molecular weight is 277 g/mol. The number of likely N-dealkylation sites (N-methyl/N-ethyl adjacent to an activating group) is 1. The third-order valence-electron chi connectivity index (χ3n) is 3.64. The minimum absolute atomic E-state index is 0.109. The lowest BCUT2D eigenvalue weighted by molar-refractivity contribution is -0.149. The van der Waals surface area contributed by atoms with Gasteiger partial charge in [0.15, 0.2) is 0 Å². The van der Waals surface area contributed by atoms with Gasteiger partial charge in [-0.05, 0) is 11.5 Å². The zero-order valence-corrected chi connectivity index (χ0v) is 12.4. The number of carboxylic acids is 1.